The topological polar surface area (TPSA) is 132 Å². The summed E-state index contributed by atoms with van der Waals surface area (Å²) in [6, 6.07) is 28.9. The molecule has 1 aliphatic heterocycles. The maximum Gasteiger partial charge on any atom is 0.287 e. The van der Waals surface area contributed by atoms with Gasteiger partial charge < -0.3 is 0 Å². The van der Waals surface area contributed by atoms with Gasteiger partial charge in [-0.15, -0.1) is 0 Å². The zero-order chi connectivity index (χ0) is 31.9. The molecule has 11 heteroatoms. The number of nitrogens with zero attached hydrogens (tertiary/aromatic N) is 2. The maximum atomic E-state index is 14.7. The Morgan fingerprint density at radius 3 is 1.96 bits per heavy atom. The van der Waals surface area contributed by atoms with Crippen LogP contribution in [0.1, 0.15) is 41.5 Å². The number of carbonyl (C=O) groups is 1. The molecule has 9 nitrogen and oxygen atoms in total. The summed E-state index contributed by atoms with van der Waals surface area (Å²) in [4.78, 5) is 24.9. The van der Waals surface area contributed by atoms with Gasteiger partial charge in [-0.05, 0) is 48.6 Å². The Morgan fingerprint density at radius 1 is 0.756 bits per heavy atom. The first-order valence-corrected chi connectivity index (χ1v) is 17.7. The first-order chi connectivity index (χ1) is 21.5. The summed E-state index contributed by atoms with van der Waals surface area (Å²) in [5, 5.41) is 10.8. The minimum Gasteiger partial charge on any atom is -0.299 e. The van der Waals surface area contributed by atoms with E-state index < -0.39 is 64.4 Å². The molecule has 5 atom stereocenters. The number of sulfonamides is 1. The van der Waals surface area contributed by atoms with Crippen molar-refractivity contribution in [2.45, 2.75) is 46.8 Å². The van der Waals surface area contributed by atoms with Crippen LogP contribution in [-0.4, -0.2) is 43.6 Å². The standard InChI is InChI=1S/C34H32N2O7S2/c1-23-16-18-26(19-17-23)45(42,43)35-22-29-28(20-31(35)25-12-6-3-7-13-25)34(27(21-32(29)37)24-10-4-2-5-11-24)44(40,41)33-15-9-8-14-30(33)36(38)39/h2-19,27-29,31,34H,20-22H2,1H3/t27?,28-,29+,31?,34?/m0/s1. The van der Waals surface area contributed by atoms with Crippen LogP contribution in [0, 0.1) is 28.9 Å². The first kappa shape index (κ1) is 30.8. The largest absolute Gasteiger partial charge is 0.299 e. The smallest absolute Gasteiger partial charge is 0.287 e. The molecule has 0 aromatic heterocycles. The molecule has 0 radical (unpaired) electrons. The number of aryl methyl sites for hydroxylation is 1. The number of carbonyl (C=O) groups excluding carboxylic acids is 1. The van der Waals surface area contributed by atoms with Gasteiger partial charge in [-0.25, -0.2) is 16.8 Å². The molecule has 4 aromatic carbocycles. The van der Waals surface area contributed by atoms with Crippen LogP contribution in [0.25, 0.3) is 0 Å². The van der Waals surface area contributed by atoms with Crippen molar-refractivity contribution in [2.24, 2.45) is 11.8 Å². The van der Waals surface area contributed by atoms with Crippen molar-refractivity contribution in [1.29, 1.82) is 0 Å². The lowest BCUT2D eigenvalue weighted by Gasteiger charge is -2.49. The van der Waals surface area contributed by atoms with Gasteiger partial charge in [0.1, 0.15) is 10.7 Å². The average Bonchev–Trinajstić information content (AvgIpc) is 3.05. The molecule has 1 saturated carbocycles. The number of sulfone groups is 1. The van der Waals surface area contributed by atoms with E-state index in [2.05, 4.69) is 0 Å². The Kier molecular flexibility index (Phi) is 8.19. The van der Waals surface area contributed by atoms with Crippen molar-refractivity contribution in [3.8, 4) is 0 Å². The van der Waals surface area contributed by atoms with Crippen LogP contribution in [0.5, 0.6) is 0 Å². The van der Waals surface area contributed by atoms with Crippen LogP contribution in [0.15, 0.2) is 119 Å². The highest BCUT2D eigenvalue weighted by molar-refractivity contribution is 7.92. The number of para-hydroxylation sites is 1. The van der Waals surface area contributed by atoms with Crippen molar-refractivity contribution in [3.63, 3.8) is 0 Å². The Morgan fingerprint density at radius 2 is 1.33 bits per heavy atom. The quantitative estimate of drug-likeness (QED) is 0.182. The fourth-order valence-electron chi connectivity index (χ4n) is 7.02. The van der Waals surface area contributed by atoms with E-state index in [1.807, 2.05) is 13.0 Å². The highest BCUT2D eigenvalue weighted by Gasteiger charge is 2.56. The third-order valence-corrected chi connectivity index (χ3v) is 13.4. The highest BCUT2D eigenvalue weighted by Crippen LogP contribution is 2.52. The number of nitro benzene ring substituents is 1. The molecular weight excluding hydrogens is 613 g/mol. The zero-order valence-corrected chi connectivity index (χ0v) is 26.1. The van der Waals surface area contributed by atoms with Crippen molar-refractivity contribution >= 4 is 31.3 Å². The highest BCUT2D eigenvalue weighted by atomic mass is 32.2. The summed E-state index contributed by atoms with van der Waals surface area (Å²) in [6.45, 7) is 1.65. The molecule has 0 bridgehead atoms. The fourth-order valence-corrected chi connectivity index (χ4v) is 11.1. The number of nitro groups is 1. The third-order valence-electron chi connectivity index (χ3n) is 9.16. The second-order valence-corrected chi connectivity index (χ2v) is 15.7. The average molecular weight is 645 g/mol. The number of hydrogen-bond donors (Lipinski definition) is 0. The van der Waals surface area contributed by atoms with Crippen LogP contribution >= 0.6 is 0 Å². The van der Waals surface area contributed by atoms with E-state index in [-0.39, 0.29) is 30.1 Å². The normalized spacial score (nSPS) is 24.1. The minimum absolute atomic E-state index is 0.0410. The van der Waals surface area contributed by atoms with E-state index in [0.717, 1.165) is 5.56 Å². The molecule has 3 unspecified atom stereocenters. The minimum atomic E-state index is -4.41. The molecule has 45 heavy (non-hydrogen) atoms. The lowest BCUT2D eigenvalue weighted by atomic mass is 9.66. The molecule has 0 amide bonds. The molecule has 2 fully saturated rings. The van der Waals surface area contributed by atoms with Gasteiger partial charge >= 0.3 is 0 Å². The van der Waals surface area contributed by atoms with Gasteiger partial charge in [0.05, 0.1) is 21.1 Å². The Bertz CT molecular complexity index is 1950. The Hall–Kier alpha value is -4.19. The van der Waals surface area contributed by atoms with E-state index in [0.29, 0.717) is 11.1 Å². The predicted molar refractivity (Wildman–Crippen MR) is 169 cm³/mol. The Labute approximate surface area is 262 Å². The molecule has 2 aliphatic rings. The number of rotatable bonds is 7. The molecular formula is C34H32N2O7S2. The number of benzene rings is 4. The summed E-state index contributed by atoms with van der Waals surface area (Å²) in [5.41, 5.74) is 1.67. The lowest BCUT2D eigenvalue weighted by molar-refractivity contribution is -0.387. The summed E-state index contributed by atoms with van der Waals surface area (Å²) >= 11 is 0. The van der Waals surface area contributed by atoms with Crippen LogP contribution in [0.2, 0.25) is 0 Å². The van der Waals surface area contributed by atoms with E-state index in [1.54, 1.807) is 66.7 Å². The summed E-state index contributed by atoms with van der Waals surface area (Å²) in [5.74, 6) is -2.73. The third kappa shape index (κ3) is 5.60. The van der Waals surface area contributed by atoms with Crippen molar-refractivity contribution in [2.75, 3.05) is 6.54 Å². The number of ketones is 1. The molecule has 1 saturated heterocycles. The van der Waals surface area contributed by atoms with E-state index >= 15 is 0 Å². The van der Waals surface area contributed by atoms with Gasteiger partial charge in [0, 0.05) is 30.9 Å². The van der Waals surface area contributed by atoms with Gasteiger partial charge in [0.15, 0.2) is 9.84 Å². The van der Waals surface area contributed by atoms with Gasteiger partial charge in [-0.2, -0.15) is 4.31 Å². The lowest BCUT2D eigenvalue weighted by Crippen LogP contribution is -2.56. The second kappa shape index (κ2) is 12.0. The first-order valence-electron chi connectivity index (χ1n) is 14.7. The summed E-state index contributed by atoms with van der Waals surface area (Å²) < 4.78 is 59.1. The van der Waals surface area contributed by atoms with Crippen LogP contribution in [-0.2, 0) is 24.7 Å². The van der Waals surface area contributed by atoms with Gasteiger partial charge in [0.2, 0.25) is 10.0 Å². The van der Waals surface area contributed by atoms with E-state index in [4.69, 9.17) is 0 Å². The number of Topliss-reactive ketones (excluding diaryl/α,β-unsaturated/α-hetero) is 1. The molecule has 232 valence electrons. The van der Waals surface area contributed by atoms with Crippen LogP contribution in [0.4, 0.5) is 5.69 Å². The predicted octanol–water partition coefficient (Wildman–Crippen LogP) is 5.87. The monoisotopic (exact) mass is 644 g/mol. The van der Waals surface area contributed by atoms with Crippen LogP contribution in [0.3, 0.4) is 0 Å². The zero-order valence-electron chi connectivity index (χ0n) is 24.5. The van der Waals surface area contributed by atoms with E-state index in [9.17, 15) is 31.7 Å². The molecule has 1 aliphatic carbocycles. The molecule has 1 heterocycles. The SMILES string of the molecule is Cc1ccc(S(=O)(=O)N2C[C@H]3C(=O)CC(c4ccccc4)C(S(=O)(=O)c4ccccc4[N+](=O)[O-])[C@H]3CC2c2ccccc2)cc1. The van der Waals surface area contributed by atoms with Gasteiger partial charge in [-0.3, -0.25) is 14.9 Å². The Balaban J connectivity index is 1.52. The van der Waals surface area contributed by atoms with E-state index in [1.165, 1.54) is 40.7 Å². The second-order valence-electron chi connectivity index (χ2n) is 11.7. The van der Waals surface area contributed by atoms with Crippen molar-refractivity contribution < 1.29 is 26.6 Å². The summed E-state index contributed by atoms with van der Waals surface area (Å²) in [7, 11) is -8.50. The van der Waals surface area contributed by atoms with Crippen molar-refractivity contribution in [3.05, 3.63) is 136 Å². The van der Waals surface area contributed by atoms with Gasteiger partial charge in [-0.1, -0.05) is 90.5 Å². The molecule has 6 rings (SSSR count). The van der Waals surface area contributed by atoms with Gasteiger partial charge in [0.25, 0.3) is 5.69 Å². The maximum absolute atomic E-state index is 14.7. The molecule has 0 N–H and O–H groups in total. The number of fused-ring (bicyclic) bond motifs is 1. The van der Waals surface area contributed by atoms with Crippen molar-refractivity contribution in [1.82, 2.24) is 4.31 Å². The fraction of sp³-hybridized carbons (Fsp3) is 0.265. The molecule has 4 aromatic rings. The summed E-state index contributed by atoms with van der Waals surface area (Å²) in [6.07, 6.45) is -0.0937. The molecule has 0 spiro atoms. The number of hydrogen-bond acceptors (Lipinski definition) is 7. The number of piperidine rings is 1. The van der Waals surface area contributed by atoms with Crippen LogP contribution < -0.4 is 0 Å².